The van der Waals surface area contributed by atoms with Crippen molar-refractivity contribution in [2.24, 2.45) is 0 Å². The van der Waals surface area contributed by atoms with Gasteiger partial charge in [-0.25, -0.2) is 14.4 Å². The fourth-order valence-corrected chi connectivity index (χ4v) is 15.2. The van der Waals surface area contributed by atoms with Crippen molar-refractivity contribution in [2.75, 3.05) is 0 Å². The maximum absolute atomic E-state index is 13.6. The maximum atomic E-state index is 13.6. The summed E-state index contributed by atoms with van der Waals surface area (Å²) in [4.78, 5) is 121. The smallest absolute Gasteiger partial charge is 0.340 e. The minimum atomic E-state index is -1.49. The highest BCUT2D eigenvalue weighted by Crippen LogP contribution is 2.62. The van der Waals surface area contributed by atoms with Crippen molar-refractivity contribution in [1.82, 2.24) is 5.06 Å². The topological polar surface area (TPSA) is 277 Å². The van der Waals surface area contributed by atoms with Crippen LogP contribution in [0.25, 0.3) is 65.3 Å². The number of aliphatic carboxylic acids is 1. The van der Waals surface area contributed by atoms with E-state index >= 15 is 0 Å². The Hall–Kier alpha value is -13.2. The number of amides is 2. The van der Waals surface area contributed by atoms with E-state index in [9.17, 15) is 43.2 Å². The first-order chi connectivity index (χ1) is 52.2. The van der Waals surface area contributed by atoms with Gasteiger partial charge in [0.05, 0.1) is 21.2 Å². The van der Waals surface area contributed by atoms with Gasteiger partial charge in [-0.05, 0) is 104 Å². The number of carboxylic acid groups (broad SMARTS) is 1. The molecule has 23 heteroatoms. The van der Waals surface area contributed by atoms with Crippen molar-refractivity contribution in [2.45, 2.75) is 79.4 Å². The number of esters is 6. The number of ether oxygens (including phenoxy) is 8. The summed E-state index contributed by atoms with van der Waals surface area (Å²) < 4.78 is 48.3. The first kappa shape index (κ1) is 72.7. The molecule has 0 aromatic heterocycles. The molecule has 2 spiro atoms. The fourth-order valence-electron chi connectivity index (χ4n) is 14.8. The minimum Gasteiger partial charge on any atom is -0.481 e. The third-order valence-electron chi connectivity index (χ3n) is 18.9. The van der Waals surface area contributed by atoms with E-state index in [0.717, 1.165) is 79.2 Å². The van der Waals surface area contributed by atoms with Crippen LogP contribution in [0.3, 0.4) is 0 Å². The lowest BCUT2D eigenvalue weighted by molar-refractivity contribution is -0.195. The summed E-state index contributed by atoms with van der Waals surface area (Å²) in [6.07, 6.45) is 0.262. The van der Waals surface area contributed by atoms with E-state index in [-0.39, 0.29) is 57.4 Å². The third kappa shape index (κ3) is 12.9. The Balaban J connectivity index is 0.000000153. The van der Waals surface area contributed by atoms with Gasteiger partial charge in [0.25, 0.3) is 17.8 Å². The zero-order valence-electron chi connectivity index (χ0n) is 59.3. The molecule has 12 aromatic rings. The van der Waals surface area contributed by atoms with Crippen LogP contribution in [-0.4, -0.2) is 69.7 Å². The lowest BCUT2D eigenvalue weighted by atomic mass is 9.76. The van der Waals surface area contributed by atoms with Crippen LogP contribution in [0.5, 0.6) is 46.0 Å². The molecule has 5 aliphatic heterocycles. The number of hydroxylamine groups is 2. The van der Waals surface area contributed by atoms with Gasteiger partial charge < -0.3 is 47.8 Å². The molecule has 544 valence electrons. The quantitative estimate of drug-likeness (QED) is 0.0671. The number of aryl methyl sites for hydroxylation is 2. The van der Waals surface area contributed by atoms with Gasteiger partial charge >= 0.3 is 41.8 Å². The molecule has 2 unspecified atom stereocenters. The van der Waals surface area contributed by atoms with E-state index in [0.29, 0.717) is 72.2 Å². The molecule has 0 aliphatic carbocycles. The van der Waals surface area contributed by atoms with Crippen LogP contribution in [0, 0.1) is 13.8 Å². The normalized spacial score (nSPS) is 15.7. The lowest BCUT2D eigenvalue weighted by Crippen LogP contribution is -2.33. The van der Waals surface area contributed by atoms with E-state index in [1.807, 2.05) is 109 Å². The summed E-state index contributed by atoms with van der Waals surface area (Å²) in [6.45, 7) is 11.6. The number of carboxylic acids is 1. The third-order valence-corrected chi connectivity index (χ3v) is 19.5. The first-order valence-corrected chi connectivity index (χ1v) is 34.8. The largest absolute Gasteiger partial charge is 0.481 e. The Bertz CT molecular complexity index is 5560. The van der Waals surface area contributed by atoms with E-state index in [1.54, 1.807) is 48.5 Å². The standard InChI is InChI=1S/2C39H25ClO7.C6H7NO4.C2H4O2/c2*1-20-23-10-4-6-12-25(23)37(26-13-7-5-11-24(20)26)28-16-30-34(18-33(28)44-21(2)41)46-35-19-36(45-22(3)42)32(40)17-31(35)39(30)29-15-9-8-14-27(29)38(43)47-39;1-4(8)11-7-5(9)2-3-6(7)10;1-2(3)4/h2*4-19H,1-3H3;2-3H2,1H3;1H3,(H,3,4). The Morgan fingerprint density at radius 2 is 0.642 bits per heavy atom. The SMILES string of the molecule is CC(=O)O.CC(=O)ON1C(=O)CCC1=O.CC(=O)Oc1cc2c(cc1Cl)C1(OC(=O)c3ccccc31)c1cc(-c3c4ccccc4c(C)c4ccccc34)c(OC(C)=O)cc1O2.CC(=O)Oc1cc2c(cc1Cl)C1(OC(=O)c3ccccc31)c1cc(-c3c4ccccc4c(C)c4ccccc34)c(OC(C)=O)cc1O2. The number of fused-ring (bicyclic) bond motifs is 16. The number of carbonyl (C=O) groups is 10. The van der Waals surface area contributed by atoms with E-state index in [1.165, 1.54) is 39.8 Å². The van der Waals surface area contributed by atoms with Gasteiger partial charge in [-0.3, -0.25) is 33.6 Å². The van der Waals surface area contributed by atoms with Gasteiger partial charge in [0.1, 0.15) is 34.5 Å². The Kier molecular flexibility index (Phi) is 19.1. The highest BCUT2D eigenvalue weighted by atomic mass is 35.5. The lowest BCUT2D eigenvalue weighted by Gasteiger charge is -2.37. The average molecular weight is 1500 g/mol. The molecule has 1 saturated heterocycles. The second-order valence-corrected chi connectivity index (χ2v) is 26.7. The highest BCUT2D eigenvalue weighted by molar-refractivity contribution is 6.33. The van der Waals surface area contributed by atoms with Crippen molar-refractivity contribution in [3.8, 4) is 68.2 Å². The second-order valence-electron chi connectivity index (χ2n) is 25.9. The van der Waals surface area contributed by atoms with Crippen LogP contribution in [0.15, 0.2) is 194 Å². The maximum Gasteiger partial charge on any atom is 0.340 e. The minimum absolute atomic E-state index is 0.0866. The predicted octanol–water partition coefficient (Wildman–Crippen LogP) is 17.8. The predicted molar refractivity (Wildman–Crippen MR) is 401 cm³/mol. The molecule has 5 heterocycles. The van der Waals surface area contributed by atoms with Gasteiger partial charge in [-0.2, -0.15) is 0 Å². The van der Waals surface area contributed by atoms with Crippen molar-refractivity contribution in [3.63, 3.8) is 0 Å². The number of imide groups is 1. The molecule has 12 aromatic carbocycles. The highest BCUT2D eigenvalue weighted by Gasteiger charge is 2.56. The zero-order valence-corrected chi connectivity index (χ0v) is 60.8. The zero-order chi connectivity index (χ0) is 77.2. The molecule has 1 fully saturated rings. The van der Waals surface area contributed by atoms with Crippen LogP contribution in [0.4, 0.5) is 0 Å². The Morgan fingerprint density at radius 1 is 0.367 bits per heavy atom. The van der Waals surface area contributed by atoms with Gasteiger partial charge in [0.2, 0.25) is 0 Å². The van der Waals surface area contributed by atoms with Crippen molar-refractivity contribution >= 4 is 126 Å². The van der Waals surface area contributed by atoms with E-state index in [2.05, 4.69) is 43.0 Å². The van der Waals surface area contributed by atoms with E-state index in [4.69, 9.17) is 71.0 Å². The number of hydrogen-bond donors (Lipinski definition) is 1. The number of rotatable bonds is 7. The molecule has 5 aliphatic rings. The second kappa shape index (κ2) is 28.6. The Labute approximate surface area is 630 Å². The summed E-state index contributed by atoms with van der Waals surface area (Å²) in [5, 5.41) is 16.2. The molecule has 0 radical (unpaired) electrons. The Morgan fingerprint density at radius 3 is 0.954 bits per heavy atom. The van der Waals surface area contributed by atoms with Gasteiger partial charge in [-0.1, -0.05) is 157 Å². The molecule has 2 amide bonds. The number of nitrogens with zero attached hydrogens (tertiary/aromatic N) is 1. The summed E-state index contributed by atoms with van der Waals surface area (Å²) >= 11 is 13.4. The number of hydrogen-bond acceptors (Lipinski definition) is 19. The average Bonchev–Trinajstić information content (AvgIpc) is 1.67. The molecule has 21 nitrogen and oxygen atoms in total. The van der Waals surface area contributed by atoms with Crippen LogP contribution in [0.2, 0.25) is 10.0 Å². The molecule has 2 atom stereocenters. The molecule has 109 heavy (non-hydrogen) atoms. The molecule has 17 rings (SSSR count). The van der Waals surface area contributed by atoms with E-state index < -0.39 is 70.8 Å². The molecule has 0 bridgehead atoms. The summed E-state index contributed by atoms with van der Waals surface area (Å²) in [7, 11) is 0. The van der Waals surface area contributed by atoms with Crippen LogP contribution < -0.4 is 28.4 Å². The number of halogens is 2. The van der Waals surface area contributed by atoms with Crippen LogP contribution in [0.1, 0.15) is 120 Å². The number of carbonyl (C=O) groups excluding carboxylic acids is 9. The molecular weight excluding hydrogens is 1440 g/mol. The summed E-state index contributed by atoms with van der Waals surface area (Å²) in [6, 6.07) is 59.9. The fraction of sp³-hybridized carbons (Fsp3) is 0.140. The van der Waals surface area contributed by atoms with Gasteiger partial charge in [0, 0.05) is 134 Å². The van der Waals surface area contributed by atoms with Crippen molar-refractivity contribution in [1.29, 1.82) is 0 Å². The van der Waals surface area contributed by atoms with Crippen molar-refractivity contribution in [3.05, 3.63) is 260 Å². The monoisotopic (exact) mass is 1500 g/mol. The number of benzene rings is 12. The van der Waals surface area contributed by atoms with Crippen LogP contribution in [-0.2, 0) is 63.9 Å². The summed E-state index contributed by atoms with van der Waals surface area (Å²) in [5.41, 5.74) is 6.09. The summed E-state index contributed by atoms with van der Waals surface area (Å²) in [5.74, 6) is -3.78. The van der Waals surface area contributed by atoms with Crippen LogP contribution >= 0.6 is 23.2 Å². The van der Waals surface area contributed by atoms with Crippen molar-refractivity contribution < 1.29 is 95.8 Å². The molecule has 0 saturated carbocycles. The van der Waals surface area contributed by atoms with Gasteiger partial charge in [-0.15, -0.1) is 5.06 Å². The van der Waals surface area contributed by atoms with Gasteiger partial charge in [0.15, 0.2) is 22.7 Å². The first-order valence-electron chi connectivity index (χ1n) is 34.0. The molecular formula is C86H61Cl2NO20. The molecule has 1 N–H and O–H groups in total.